The number of rotatable bonds is 2. The number of nitrogens with zero attached hydrogens (tertiary/aromatic N) is 1. The van der Waals surface area contributed by atoms with Crippen LogP contribution in [0.1, 0.15) is 0 Å². The summed E-state index contributed by atoms with van der Waals surface area (Å²) in [4.78, 5) is 12.5. The summed E-state index contributed by atoms with van der Waals surface area (Å²) in [6, 6.07) is 4.38. The molecule has 86 valence electrons. The van der Waals surface area contributed by atoms with Crippen molar-refractivity contribution in [1.82, 2.24) is 5.32 Å². The van der Waals surface area contributed by atoms with E-state index in [9.17, 15) is 9.18 Å². The lowest BCUT2D eigenvalue weighted by molar-refractivity contribution is -0.109. The van der Waals surface area contributed by atoms with E-state index in [0.29, 0.717) is 31.0 Å². The average molecular weight is 223 g/mol. The number of carbonyl (C=O) groups excluding carboxylic acids is 1. The number of benzene rings is 1. The summed E-state index contributed by atoms with van der Waals surface area (Å²) >= 11 is 0. The maximum atomic E-state index is 13.6. The lowest BCUT2D eigenvalue weighted by atomic mass is 10.2. The third kappa shape index (κ3) is 2.14. The number of hydrogen-bond donors (Lipinski definition) is 2. The molecule has 1 fully saturated rings. The predicted octanol–water partition coefficient (Wildman–Crippen LogP) is 0.385. The minimum Gasteiger partial charge on any atom is -0.399 e. The van der Waals surface area contributed by atoms with Gasteiger partial charge in [0.25, 0.3) is 0 Å². The van der Waals surface area contributed by atoms with Crippen LogP contribution in [0.25, 0.3) is 0 Å². The number of halogens is 1. The quantitative estimate of drug-likeness (QED) is 0.562. The second kappa shape index (κ2) is 4.49. The molecular formula is C11H14FN3O. The minimum atomic E-state index is -0.341. The monoisotopic (exact) mass is 223 g/mol. The third-order valence-corrected chi connectivity index (χ3v) is 2.68. The highest BCUT2D eigenvalue weighted by atomic mass is 19.1. The van der Waals surface area contributed by atoms with Crippen molar-refractivity contribution >= 4 is 17.7 Å². The number of hydrogen-bond acceptors (Lipinski definition) is 4. The van der Waals surface area contributed by atoms with Gasteiger partial charge in [0.15, 0.2) is 0 Å². The molecule has 3 N–H and O–H groups in total. The fourth-order valence-corrected chi connectivity index (χ4v) is 1.87. The van der Waals surface area contributed by atoms with Gasteiger partial charge in [-0.25, -0.2) is 4.39 Å². The standard InChI is InChI=1S/C11H14FN3O/c12-10-5-8(13)1-2-11(10)15-4-3-14-9(6-15)7-16/h1-2,5,7,9,14H,3-4,6,13H2. The molecular weight excluding hydrogens is 209 g/mol. The van der Waals surface area contributed by atoms with Crippen LogP contribution in [0.4, 0.5) is 15.8 Å². The fraction of sp³-hybridized carbons (Fsp3) is 0.364. The van der Waals surface area contributed by atoms with Crippen molar-refractivity contribution in [3.05, 3.63) is 24.0 Å². The van der Waals surface area contributed by atoms with Gasteiger partial charge in [0.1, 0.15) is 12.1 Å². The Kier molecular flexibility index (Phi) is 3.05. The highest BCUT2D eigenvalue weighted by molar-refractivity contribution is 5.62. The maximum absolute atomic E-state index is 13.6. The first-order valence-electron chi connectivity index (χ1n) is 5.19. The molecule has 1 atom stereocenters. The van der Waals surface area contributed by atoms with Crippen molar-refractivity contribution in [3.8, 4) is 0 Å². The molecule has 0 bridgehead atoms. The summed E-state index contributed by atoms with van der Waals surface area (Å²) in [5.74, 6) is -0.341. The fourth-order valence-electron chi connectivity index (χ4n) is 1.87. The molecule has 1 unspecified atom stereocenters. The van der Waals surface area contributed by atoms with Gasteiger partial charge in [-0.3, -0.25) is 0 Å². The third-order valence-electron chi connectivity index (χ3n) is 2.68. The number of anilines is 2. The zero-order chi connectivity index (χ0) is 11.5. The van der Waals surface area contributed by atoms with Crippen LogP contribution in [0, 0.1) is 5.82 Å². The van der Waals surface area contributed by atoms with Gasteiger partial charge in [0.05, 0.1) is 11.7 Å². The van der Waals surface area contributed by atoms with Crippen LogP contribution in [-0.2, 0) is 4.79 Å². The molecule has 0 saturated carbocycles. The zero-order valence-electron chi connectivity index (χ0n) is 8.82. The summed E-state index contributed by atoms with van der Waals surface area (Å²) in [5.41, 5.74) is 6.39. The van der Waals surface area contributed by atoms with E-state index in [1.807, 2.05) is 4.90 Å². The van der Waals surface area contributed by atoms with Crippen LogP contribution < -0.4 is 16.0 Å². The Morgan fingerprint density at radius 2 is 2.38 bits per heavy atom. The van der Waals surface area contributed by atoms with Gasteiger partial charge < -0.3 is 20.7 Å². The molecule has 1 aromatic rings. The van der Waals surface area contributed by atoms with Crippen molar-refractivity contribution in [2.75, 3.05) is 30.3 Å². The first-order valence-corrected chi connectivity index (χ1v) is 5.19. The maximum Gasteiger partial charge on any atom is 0.148 e. The molecule has 0 aromatic heterocycles. The van der Waals surface area contributed by atoms with Crippen molar-refractivity contribution in [1.29, 1.82) is 0 Å². The Balaban J connectivity index is 2.19. The lowest BCUT2D eigenvalue weighted by Crippen LogP contribution is -2.51. The number of nitrogens with one attached hydrogen (secondary N) is 1. The minimum absolute atomic E-state index is 0.231. The zero-order valence-corrected chi connectivity index (χ0v) is 8.82. The van der Waals surface area contributed by atoms with E-state index < -0.39 is 0 Å². The molecule has 1 saturated heterocycles. The van der Waals surface area contributed by atoms with Gasteiger partial charge in [-0.1, -0.05) is 0 Å². The highest BCUT2D eigenvalue weighted by Crippen LogP contribution is 2.22. The Hall–Kier alpha value is -1.62. The second-order valence-corrected chi connectivity index (χ2v) is 3.85. The van der Waals surface area contributed by atoms with Gasteiger partial charge in [-0.05, 0) is 18.2 Å². The number of aldehydes is 1. The van der Waals surface area contributed by atoms with Gasteiger partial charge in [0.2, 0.25) is 0 Å². The Labute approximate surface area is 93.2 Å². The first-order chi connectivity index (χ1) is 7.70. The molecule has 0 radical (unpaired) electrons. The van der Waals surface area contributed by atoms with Crippen LogP contribution in [0.3, 0.4) is 0 Å². The lowest BCUT2D eigenvalue weighted by Gasteiger charge is -2.33. The molecule has 2 rings (SSSR count). The van der Waals surface area contributed by atoms with Crippen molar-refractivity contribution in [2.24, 2.45) is 0 Å². The summed E-state index contributed by atoms with van der Waals surface area (Å²) in [7, 11) is 0. The molecule has 4 nitrogen and oxygen atoms in total. The van der Waals surface area contributed by atoms with Gasteiger partial charge in [0, 0.05) is 25.3 Å². The summed E-state index contributed by atoms with van der Waals surface area (Å²) < 4.78 is 13.6. The van der Waals surface area contributed by atoms with E-state index in [1.165, 1.54) is 6.07 Å². The SMILES string of the molecule is Nc1ccc(N2CCNC(C=O)C2)c(F)c1. The first kappa shape index (κ1) is 10.9. The van der Waals surface area contributed by atoms with Crippen molar-refractivity contribution < 1.29 is 9.18 Å². The summed E-state index contributed by atoms with van der Waals surface area (Å²) in [6.07, 6.45) is 0.849. The molecule has 0 aliphatic carbocycles. The van der Waals surface area contributed by atoms with Gasteiger partial charge >= 0.3 is 0 Å². The van der Waals surface area contributed by atoms with Crippen LogP contribution in [-0.4, -0.2) is 32.0 Å². The summed E-state index contributed by atoms with van der Waals surface area (Å²) in [5, 5.41) is 3.04. The number of nitrogens with two attached hydrogens (primary N) is 1. The highest BCUT2D eigenvalue weighted by Gasteiger charge is 2.20. The topological polar surface area (TPSA) is 58.4 Å². The van der Waals surface area contributed by atoms with E-state index in [2.05, 4.69) is 5.32 Å². The van der Waals surface area contributed by atoms with E-state index in [1.54, 1.807) is 12.1 Å². The molecule has 16 heavy (non-hydrogen) atoms. The smallest absolute Gasteiger partial charge is 0.148 e. The van der Waals surface area contributed by atoms with E-state index in [0.717, 1.165) is 6.29 Å². The van der Waals surface area contributed by atoms with E-state index >= 15 is 0 Å². The van der Waals surface area contributed by atoms with Crippen LogP contribution in [0.15, 0.2) is 18.2 Å². The molecule has 1 aliphatic rings. The molecule has 1 heterocycles. The van der Waals surface area contributed by atoms with Gasteiger partial charge in [-0.15, -0.1) is 0 Å². The molecule has 1 aromatic carbocycles. The largest absolute Gasteiger partial charge is 0.399 e. The number of nitrogen functional groups attached to an aromatic ring is 1. The molecule has 0 amide bonds. The Morgan fingerprint density at radius 3 is 3.06 bits per heavy atom. The normalized spacial score (nSPS) is 20.8. The Bertz CT molecular complexity index is 397. The van der Waals surface area contributed by atoms with Crippen LogP contribution >= 0.6 is 0 Å². The predicted molar refractivity (Wildman–Crippen MR) is 60.9 cm³/mol. The van der Waals surface area contributed by atoms with E-state index in [4.69, 9.17) is 5.73 Å². The number of carbonyl (C=O) groups is 1. The van der Waals surface area contributed by atoms with Crippen molar-refractivity contribution in [3.63, 3.8) is 0 Å². The molecule has 5 heteroatoms. The second-order valence-electron chi connectivity index (χ2n) is 3.85. The Morgan fingerprint density at radius 1 is 1.56 bits per heavy atom. The molecule has 0 spiro atoms. The van der Waals surface area contributed by atoms with Crippen molar-refractivity contribution in [2.45, 2.75) is 6.04 Å². The average Bonchev–Trinajstić information content (AvgIpc) is 2.29. The molecule has 1 aliphatic heterocycles. The van der Waals surface area contributed by atoms with Crippen LogP contribution in [0.2, 0.25) is 0 Å². The van der Waals surface area contributed by atoms with Gasteiger partial charge in [-0.2, -0.15) is 0 Å². The van der Waals surface area contributed by atoms with E-state index in [-0.39, 0.29) is 11.9 Å². The summed E-state index contributed by atoms with van der Waals surface area (Å²) in [6.45, 7) is 1.85. The number of piperazine rings is 1. The van der Waals surface area contributed by atoms with Crippen LogP contribution in [0.5, 0.6) is 0 Å².